The molecule has 0 aliphatic heterocycles. The van der Waals surface area contributed by atoms with Crippen molar-refractivity contribution in [1.29, 1.82) is 0 Å². The molecule has 0 aromatic rings. The van der Waals surface area contributed by atoms with Crippen molar-refractivity contribution in [3.8, 4) is 0 Å². The van der Waals surface area contributed by atoms with Crippen LogP contribution in [0.25, 0.3) is 0 Å². The van der Waals surface area contributed by atoms with E-state index in [-0.39, 0.29) is 0 Å². The maximum absolute atomic E-state index is 12.6. The monoisotopic (exact) mass is 872 g/mol. The minimum atomic E-state index is -4.12. The number of halogens is 3. The molecule has 0 aliphatic rings. The molecule has 0 radical (unpaired) electrons. The molecule has 10 heteroatoms. The molecule has 0 saturated carbocycles. The van der Waals surface area contributed by atoms with Crippen LogP contribution in [0.5, 0.6) is 0 Å². The van der Waals surface area contributed by atoms with E-state index in [1.54, 1.807) is 0 Å². The van der Waals surface area contributed by atoms with Crippen molar-refractivity contribution in [2.45, 2.75) is 132 Å². The summed E-state index contributed by atoms with van der Waals surface area (Å²) in [5, 5.41) is 0. The number of unbranched alkanes of at least 4 members (excludes halogenated alkanes) is 9. The Morgan fingerprint density at radius 1 is 0.529 bits per heavy atom. The van der Waals surface area contributed by atoms with Gasteiger partial charge in [-0.25, -0.2) is 0 Å². The van der Waals surface area contributed by atoms with Crippen LogP contribution >= 0.6 is 47.8 Å². The first-order valence-corrected chi connectivity index (χ1v) is 19.6. The van der Waals surface area contributed by atoms with E-state index in [1.165, 1.54) is 0 Å². The average Bonchev–Trinajstić information content (AvgIpc) is 2.81. The molecule has 0 saturated heterocycles. The molecule has 3 atom stereocenters. The molecule has 6 nitrogen and oxygen atoms in total. The molecule has 0 aromatic heterocycles. The van der Waals surface area contributed by atoms with Crippen LogP contribution in [0.4, 0.5) is 0 Å². The summed E-state index contributed by atoms with van der Waals surface area (Å²) in [6, 6.07) is 0. The molecular weight excluding hydrogens is 833 g/mol. The quantitative estimate of drug-likeness (QED) is 0.0666. The van der Waals surface area contributed by atoms with Crippen LogP contribution in [-0.2, 0) is 22.8 Å². The second-order valence-electron chi connectivity index (χ2n) is 8.41. The Kier molecular flexibility index (Phi) is 23.4. The van der Waals surface area contributed by atoms with Crippen LogP contribution in [0.2, 0.25) is 0 Å². The van der Waals surface area contributed by atoms with Crippen LogP contribution in [0.15, 0.2) is 0 Å². The fraction of sp³-hybridized carbons (Fsp3) is 0.875. The number of carbonyl (C=O) groups excluding carboxylic acids is 3. The van der Waals surface area contributed by atoms with Gasteiger partial charge in [0.1, 0.15) is 0 Å². The van der Waals surface area contributed by atoms with Crippen LogP contribution in [-0.4, -0.2) is 55.5 Å². The van der Waals surface area contributed by atoms with E-state index in [9.17, 15) is 14.4 Å². The molecule has 0 aromatic carbocycles. The first kappa shape index (κ1) is 34.7. The van der Waals surface area contributed by atoms with Gasteiger partial charge in [-0.05, 0) is 0 Å². The first-order valence-electron chi connectivity index (χ1n) is 12.6. The third-order valence-corrected chi connectivity index (χ3v) is 11.5. The molecule has 200 valence electrons. The second kappa shape index (κ2) is 22.9. The first-order chi connectivity index (χ1) is 16.3. The molecule has 0 fully saturated rings. The van der Waals surface area contributed by atoms with Crippen molar-refractivity contribution in [1.82, 2.24) is 0 Å². The fourth-order valence-corrected chi connectivity index (χ4v) is 9.71. The van der Waals surface area contributed by atoms with Crippen molar-refractivity contribution in [3.05, 3.63) is 0 Å². The zero-order valence-electron chi connectivity index (χ0n) is 20.9. The minimum absolute atomic E-state index is 0.512. The molecule has 0 spiro atoms. The third-order valence-electron chi connectivity index (χ3n) is 5.19. The fourth-order valence-electron chi connectivity index (χ4n) is 3.05. The Morgan fingerprint density at radius 2 is 0.794 bits per heavy atom. The average molecular weight is 875 g/mol. The third kappa shape index (κ3) is 18.1. The van der Waals surface area contributed by atoms with E-state index in [0.29, 0.717) is 19.3 Å². The van der Waals surface area contributed by atoms with Crippen molar-refractivity contribution in [3.63, 3.8) is 0 Å². The number of hydrogen-bond acceptors (Lipinski definition) is 6. The topological polar surface area (TPSA) is 78.9 Å². The number of carbonyl (C=O) groups is 3. The van der Waals surface area contributed by atoms with Crippen molar-refractivity contribution >= 4 is 88.8 Å². The summed E-state index contributed by atoms with van der Waals surface area (Å²) in [7, 11) is 0. The summed E-state index contributed by atoms with van der Waals surface area (Å²) >= 11 is 5.99. The van der Waals surface area contributed by atoms with Gasteiger partial charge < -0.3 is 0 Å². The van der Waals surface area contributed by atoms with Gasteiger partial charge in [-0.2, -0.15) is 0 Å². The van der Waals surface area contributed by atoms with E-state index in [2.05, 4.69) is 68.6 Å². The van der Waals surface area contributed by atoms with E-state index >= 15 is 0 Å². The van der Waals surface area contributed by atoms with Crippen LogP contribution in [0.3, 0.4) is 0 Å². The van der Waals surface area contributed by atoms with Crippen molar-refractivity contribution in [2.24, 2.45) is 0 Å². The summed E-state index contributed by atoms with van der Waals surface area (Å²) in [6.07, 6.45) is 14.3. The standard InChI is InChI=1S/3C8H15BrO2.Bi/c3*1-2-3-4-5-6-7(9)8(10)11;/h3*7H,2-6H2,1H3,(H,10,11);/q;;;+3/p-3. The van der Waals surface area contributed by atoms with Gasteiger partial charge in [0.2, 0.25) is 0 Å². The van der Waals surface area contributed by atoms with Gasteiger partial charge in [0.15, 0.2) is 0 Å². The molecule has 34 heavy (non-hydrogen) atoms. The van der Waals surface area contributed by atoms with Gasteiger partial charge in [0.25, 0.3) is 0 Å². The summed E-state index contributed by atoms with van der Waals surface area (Å²) < 4.78 is 16.5. The zero-order valence-corrected chi connectivity index (χ0v) is 29.1. The van der Waals surface area contributed by atoms with E-state index in [4.69, 9.17) is 8.44 Å². The Labute approximate surface area is 241 Å². The van der Waals surface area contributed by atoms with Gasteiger partial charge in [-0.15, -0.1) is 0 Å². The molecule has 0 bridgehead atoms. The molecule has 0 aliphatic carbocycles. The summed E-state index contributed by atoms with van der Waals surface area (Å²) in [4.78, 5) is 36.2. The Bertz CT molecular complexity index is 491. The molecule has 0 amide bonds. The predicted molar refractivity (Wildman–Crippen MR) is 148 cm³/mol. The molecule has 0 N–H and O–H groups in total. The van der Waals surface area contributed by atoms with Gasteiger partial charge in [-0.3, -0.25) is 0 Å². The zero-order chi connectivity index (χ0) is 25.8. The van der Waals surface area contributed by atoms with E-state index < -0.39 is 55.5 Å². The maximum atomic E-state index is 12.6. The van der Waals surface area contributed by atoms with Gasteiger partial charge in [-0.1, -0.05) is 0 Å². The van der Waals surface area contributed by atoms with Gasteiger partial charge in [0, 0.05) is 0 Å². The second-order valence-corrected chi connectivity index (χ2v) is 15.6. The predicted octanol–water partition coefficient (Wildman–Crippen LogP) is 7.80. The number of alkyl halides is 3. The number of rotatable bonds is 21. The van der Waals surface area contributed by atoms with Crippen LogP contribution in [0, 0.1) is 0 Å². The molecule has 3 unspecified atom stereocenters. The molecular formula is C24H42BiBr3O6. The molecule has 0 rings (SSSR count). The summed E-state index contributed by atoms with van der Waals surface area (Å²) in [5.41, 5.74) is 0. The summed E-state index contributed by atoms with van der Waals surface area (Å²) in [6.45, 7) is 6.38. The van der Waals surface area contributed by atoms with Gasteiger partial charge >= 0.3 is 243 Å². The Hall–Kier alpha value is 0.733. The van der Waals surface area contributed by atoms with Crippen LogP contribution < -0.4 is 0 Å². The number of hydrogen-bond donors (Lipinski definition) is 0. The van der Waals surface area contributed by atoms with Crippen LogP contribution in [0.1, 0.15) is 117 Å². The SMILES string of the molecule is CCCCCCC(Br)C(=O)[O][Bi]([O]C(=O)C(Br)CCCCCC)[O]C(=O)C(Br)CCCCCC. The van der Waals surface area contributed by atoms with Gasteiger partial charge in [0.05, 0.1) is 0 Å². The van der Waals surface area contributed by atoms with Crippen molar-refractivity contribution in [2.75, 3.05) is 0 Å². The van der Waals surface area contributed by atoms with E-state index in [0.717, 1.165) is 77.0 Å². The Morgan fingerprint density at radius 3 is 1.03 bits per heavy atom. The Balaban J connectivity index is 4.94. The normalized spacial score (nSPS) is 13.9. The van der Waals surface area contributed by atoms with Crippen molar-refractivity contribution < 1.29 is 22.8 Å². The van der Waals surface area contributed by atoms with E-state index in [1.807, 2.05) is 0 Å². The summed E-state index contributed by atoms with van der Waals surface area (Å²) in [5.74, 6) is -1.59. The molecule has 0 heterocycles.